The van der Waals surface area contributed by atoms with Crippen molar-refractivity contribution in [1.29, 1.82) is 5.41 Å². The van der Waals surface area contributed by atoms with E-state index in [0.717, 1.165) is 19.5 Å². The van der Waals surface area contributed by atoms with E-state index in [4.69, 9.17) is 10.1 Å². The van der Waals surface area contributed by atoms with Crippen LogP contribution in [0.3, 0.4) is 0 Å². The number of rotatable bonds is 2. The smallest absolute Gasteiger partial charge is 0.326 e. The Morgan fingerprint density at radius 1 is 1.30 bits per heavy atom. The van der Waals surface area contributed by atoms with Gasteiger partial charge in [-0.3, -0.25) is 19.7 Å². The van der Waals surface area contributed by atoms with Gasteiger partial charge in [0.25, 0.3) is 5.91 Å². The second-order valence-electron chi connectivity index (χ2n) is 7.12. The fraction of sp³-hybridized carbons (Fsp3) is 0.389. The number of likely N-dealkylation sites (tertiary alicyclic amines) is 1. The summed E-state index contributed by atoms with van der Waals surface area (Å²) in [6, 6.07) is 4.68. The molecule has 27 heavy (non-hydrogen) atoms. The van der Waals surface area contributed by atoms with Crippen molar-refractivity contribution in [3.05, 3.63) is 35.6 Å². The molecule has 2 amide bonds. The van der Waals surface area contributed by atoms with Crippen molar-refractivity contribution in [2.45, 2.75) is 26.0 Å². The van der Waals surface area contributed by atoms with Gasteiger partial charge in [0.15, 0.2) is 17.3 Å². The van der Waals surface area contributed by atoms with Crippen LogP contribution in [0.25, 0.3) is 0 Å². The first kappa shape index (κ1) is 17.2. The van der Waals surface area contributed by atoms with Gasteiger partial charge in [0.05, 0.1) is 5.69 Å². The van der Waals surface area contributed by atoms with Crippen LogP contribution < -0.4 is 20.4 Å². The molecule has 2 aliphatic heterocycles. The highest BCUT2D eigenvalue weighted by Gasteiger charge is 2.42. The van der Waals surface area contributed by atoms with Gasteiger partial charge in [0.1, 0.15) is 11.2 Å². The van der Waals surface area contributed by atoms with Crippen LogP contribution in [0, 0.1) is 5.41 Å². The number of hydrogen-bond acceptors (Lipinski definition) is 5. The number of carbonyl (C=O) groups is 2. The van der Waals surface area contributed by atoms with Crippen molar-refractivity contribution in [1.82, 2.24) is 19.8 Å². The lowest BCUT2D eigenvalue weighted by molar-refractivity contribution is 0.0645. The zero-order chi connectivity index (χ0) is 19.3. The molecule has 9 nitrogen and oxygen atoms in total. The monoisotopic (exact) mass is 370 g/mol. The van der Waals surface area contributed by atoms with E-state index in [1.165, 1.54) is 11.6 Å². The van der Waals surface area contributed by atoms with Crippen LogP contribution in [0.2, 0.25) is 0 Å². The number of nitrogens with zero attached hydrogens (tertiary/aromatic N) is 3. The summed E-state index contributed by atoms with van der Waals surface area (Å²) in [7, 11) is 1.52. The van der Waals surface area contributed by atoms with E-state index in [2.05, 4.69) is 10.3 Å². The third-order valence-corrected chi connectivity index (χ3v) is 4.89. The normalized spacial score (nSPS) is 17.1. The van der Waals surface area contributed by atoms with E-state index in [9.17, 15) is 9.59 Å². The van der Waals surface area contributed by atoms with Crippen molar-refractivity contribution >= 4 is 23.4 Å². The highest BCUT2D eigenvalue weighted by atomic mass is 16.5. The van der Waals surface area contributed by atoms with Gasteiger partial charge in [0, 0.05) is 38.5 Å². The predicted molar refractivity (Wildman–Crippen MR) is 98.3 cm³/mol. The van der Waals surface area contributed by atoms with Crippen molar-refractivity contribution < 1.29 is 14.3 Å². The molecule has 0 radical (unpaired) electrons. The number of aromatic nitrogens is 2. The van der Waals surface area contributed by atoms with Gasteiger partial charge < -0.3 is 19.9 Å². The van der Waals surface area contributed by atoms with Gasteiger partial charge in [-0.2, -0.15) is 0 Å². The molecule has 0 unspecified atom stereocenters. The first-order valence-corrected chi connectivity index (χ1v) is 8.83. The summed E-state index contributed by atoms with van der Waals surface area (Å²) in [5.41, 5.74) is 0.515. The zero-order valence-electron chi connectivity index (χ0n) is 15.5. The molecule has 0 saturated carbocycles. The highest BCUT2D eigenvalue weighted by molar-refractivity contribution is 5.95. The average molecular weight is 370 g/mol. The first-order valence-electron chi connectivity index (χ1n) is 8.83. The molecule has 1 fully saturated rings. The molecule has 2 aromatic rings. The predicted octanol–water partition coefficient (Wildman–Crippen LogP) is 1.60. The van der Waals surface area contributed by atoms with Gasteiger partial charge in [-0.25, -0.2) is 4.79 Å². The minimum atomic E-state index is -0.703. The quantitative estimate of drug-likeness (QED) is 0.746. The van der Waals surface area contributed by atoms with E-state index < -0.39 is 5.72 Å². The maximum Gasteiger partial charge on any atom is 0.326 e. The molecule has 4 rings (SSSR count). The van der Waals surface area contributed by atoms with Gasteiger partial charge in [-0.05, 0) is 26.3 Å². The van der Waals surface area contributed by atoms with Crippen molar-refractivity contribution in [3.63, 3.8) is 0 Å². The molecular weight excluding hydrogens is 348 g/mol. The lowest BCUT2D eigenvalue weighted by Crippen LogP contribution is -2.43. The van der Waals surface area contributed by atoms with Crippen LogP contribution in [0.5, 0.6) is 5.75 Å². The third-order valence-electron chi connectivity index (χ3n) is 4.89. The molecule has 9 heteroatoms. The van der Waals surface area contributed by atoms with Gasteiger partial charge in [0.2, 0.25) is 0 Å². The number of hydrogen-bond donors (Lipinski definition) is 3. The number of amides is 2. The Bertz CT molecular complexity index is 985. The number of anilines is 2. The first-order chi connectivity index (χ1) is 12.8. The summed E-state index contributed by atoms with van der Waals surface area (Å²) in [6.45, 7) is 5.36. The Balaban J connectivity index is 1.72. The summed E-state index contributed by atoms with van der Waals surface area (Å²) < 4.78 is 7.25. The van der Waals surface area contributed by atoms with Crippen molar-refractivity contribution in [2.75, 3.05) is 25.0 Å². The number of pyridine rings is 1. The minimum absolute atomic E-state index is 0.0382. The second kappa shape index (κ2) is 5.90. The molecule has 0 bridgehead atoms. The number of nitrogens with one attached hydrogen (secondary N) is 3. The maximum atomic E-state index is 12.5. The molecular formula is C18H22N6O3. The largest absolute Gasteiger partial charge is 0.464 e. The molecule has 2 aromatic heterocycles. The van der Waals surface area contributed by atoms with Gasteiger partial charge >= 0.3 is 6.03 Å². The average Bonchev–Trinajstić information content (AvgIpc) is 3.05. The van der Waals surface area contributed by atoms with Crippen LogP contribution >= 0.6 is 0 Å². The number of carbonyl (C=O) groups excluding carboxylic acids is 2. The summed E-state index contributed by atoms with van der Waals surface area (Å²) in [5.74, 6) is 1.23. The van der Waals surface area contributed by atoms with E-state index in [-0.39, 0.29) is 17.4 Å². The number of fused-ring (bicyclic) bond motifs is 1. The topological polar surface area (TPSA) is 106 Å². The van der Waals surface area contributed by atoms with Crippen LogP contribution in [0.15, 0.2) is 24.4 Å². The highest BCUT2D eigenvalue weighted by Crippen LogP contribution is 2.46. The van der Waals surface area contributed by atoms with Crippen molar-refractivity contribution in [3.8, 4) is 5.75 Å². The Labute approximate surface area is 156 Å². The zero-order valence-corrected chi connectivity index (χ0v) is 15.5. The lowest BCUT2D eigenvalue weighted by Gasteiger charge is -2.33. The SMILES string of the molecule is CNC(=O)n1ccc(N2c3[nH]c(C(=O)N4CCC4)cc3OC2(C)C)cc1=N. The molecule has 0 spiro atoms. The fourth-order valence-electron chi connectivity index (χ4n) is 3.42. The van der Waals surface area contributed by atoms with Crippen LogP contribution in [-0.4, -0.2) is 52.3 Å². The van der Waals surface area contributed by atoms with E-state index in [1.54, 1.807) is 29.3 Å². The van der Waals surface area contributed by atoms with E-state index >= 15 is 0 Å². The van der Waals surface area contributed by atoms with Crippen molar-refractivity contribution in [2.24, 2.45) is 0 Å². The Morgan fingerprint density at radius 3 is 2.63 bits per heavy atom. The minimum Gasteiger partial charge on any atom is -0.464 e. The molecule has 0 aliphatic carbocycles. The third kappa shape index (κ3) is 2.66. The maximum absolute atomic E-state index is 12.5. The molecule has 2 aliphatic rings. The Kier molecular flexibility index (Phi) is 3.76. The molecule has 4 heterocycles. The lowest BCUT2D eigenvalue weighted by atomic mass is 10.2. The summed E-state index contributed by atoms with van der Waals surface area (Å²) in [5, 5.41) is 10.6. The van der Waals surface area contributed by atoms with Crippen LogP contribution in [0.1, 0.15) is 30.8 Å². The molecule has 142 valence electrons. The molecule has 0 atom stereocenters. The molecule has 1 saturated heterocycles. The number of H-pyrrole nitrogens is 1. The molecule has 0 aromatic carbocycles. The Morgan fingerprint density at radius 2 is 2.04 bits per heavy atom. The van der Waals surface area contributed by atoms with Crippen LogP contribution in [-0.2, 0) is 0 Å². The fourth-order valence-corrected chi connectivity index (χ4v) is 3.42. The summed E-state index contributed by atoms with van der Waals surface area (Å²) >= 11 is 0. The van der Waals surface area contributed by atoms with E-state index in [1.807, 2.05) is 18.7 Å². The Hall–Kier alpha value is -3.23. The number of aromatic amines is 1. The molecule has 3 N–H and O–H groups in total. The van der Waals surface area contributed by atoms with Gasteiger partial charge in [-0.15, -0.1) is 0 Å². The van der Waals surface area contributed by atoms with Crippen LogP contribution in [0.4, 0.5) is 16.3 Å². The summed E-state index contributed by atoms with van der Waals surface area (Å²) in [6.07, 6.45) is 2.57. The standard InChI is InChI=1S/C18H22N6O3/c1-18(2)24(11-5-8-23(14(19)9-11)17(26)20-3)15-13(27-18)10-12(21-15)16(25)22-6-4-7-22/h5,8-10,19,21H,4,6-7H2,1-3H3,(H,20,26). The van der Waals surface area contributed by atoms with E-state index in [0.29, 0.717) is 22.9 Å². The summed E-state index contributed by atoms with van der Waals surface area (Å²) in [4.78, 5) is 31.2. The number of ether oxygens (including phenoxy) is 1. The van der Waals surface area contributed by atoms with Gasteiger partial charge in [-0.1, -0.05) is 0 Å². The second-order valence-corrected chi connectivity index (χ2v) is 7.12.